The van der Waals surface area contributed by atoms with Gasteiger partial charge in [0.05, 0.1) is 6.61 Å². The van der Waals surface area contributed by atoms with E-state index in [1.165, 1.54) is 6.07 Å². The second-order valence-corrected chi connectivity index (χ2v) is 6.05. The third kappa shape index (κ3) is 2.94. The first kappa shape index (κ1) is 14.5. The van der Waals surface area contributed by atoms with Gasteiger partial charge in [-0.15, -0.1) is 0 Å². The fourth-order valence-corrected chi connectivity index (χ4v) is 3.15. The minimum Gasteiger partial charge on any atom is -0.493 e. The standard InChI is InChI=1S/C16H14BrF2NO/c17-12-5-10-3-4-21-16(10)11(6-12)8-15(20)9-1-2-13(18)14(19)7-9/h1-2,5-7,15H,3-4,8,20H2. The van der Waals surface area contributed by atoms with Crippen molar-refractivity contribution in [1.29, 1.82) is 0 Å². The van der Waals surface area contributed by atoms with Gasteiger partial charge in [0, 0.05) is 16.9 Å². The molecular weight excluding hydrogens is 340 g/mol. The van der Waals surface area contributed by atoms with Crippen molar-refractivity contribution >= 4 is 15.9 Å². The summed E-state index contributed by atoms with van der Waals surface area (Å²) < 4.78 is 32.9. The van der Waals surface area contributed by atoms with Gasteiger partial charge in [-0.1, -0.05) is 22.0 Å². The molecule has 0 radical (unpaired) electrons. The molecule has 2 aromatic carbocycles. The molecule has 110 valence electrons. The molecule has 0 saturated heterocycles. The van der Waals surface area contributed by atoms with Crippen LogP contribution in [0.5, 0.6) is 5.75 Å². The van der Waals surface area contributed by atoms with E-state index >= 15 is 0 Å². The molecule has 2 nitrogen and oxygen atoms in total. The fraction of sp³-hybridized carbons (Fsp3) is 0.250. The molecule has 5 heteroatoms. The Kier molecular flexibility index (Phi) is 3.95. The zero-order chi connectivity index (χ0) is 15.0. The van der Waals surface area contributed by atoms with E-state index in [1.54, 1.807) is 0 Å². The van der Waals surface area contributed by atoms with Crippen molar-refractivity contribution in [3.63, 3.8) is 0 Å². The highest BCUT2D eigenvalue weighted by Gasteiger charge is 2.20. The van der Waals surface area contributed by atoms with E-state index < -0.39 is 17.7 Å². The van der Waals surface area contributed by atoms with Crippen molar-refractivity contribution in [2.75, 3.05) is 6.61 Å². The van der Waals surface area contributed by atoms with E-state index in [-0.39, 0.29) is 0 Å². The second kappa shape index (κ2) is 5.73. The maximum atomic E-state index is 13.3. The number of hydrogen-bond donors (Lipinski definition) is 1. The monoisotopic (exact) mass is 353 g/mol. The van der Waals surface area contributed by atoms with E-state index in [1.807, 2.05) is 12.1 Å². The van der Waals surface area contributed by atoms with Crippen LogP contribution in [-0.2, 0) is 12.8 Å². The highest BCUT2D eigenvalue weighted by atomic mass is 79.9. The van der Waals surface area contributed by atoms with Crippen molar-refractivity contribution in [1.82, 2.24) is 0 Å². The Balaban J connectivity index is 1.88. The van der Waals surface area contributed by atoms with E-state index in [9.17, 15) is 8.78 Å². The molecule has 0 fully saturated rings. The average Bonchev–Trinajstić information content (AvgIpc) is 2.90. The first-order chi connectivity index (χ1) is 10.0. The lowest BCUT2D eigenvalue weighted by atomic mass is 9.97. The van der Waals surface area contributed by atoms with Crippen molar-refractivity contribution in [2.24, 2.45) is 5.73 Å². The van der Waals surface area contributed by atoms with Crippen LogP contribution < -0.4 is 10.5 Å². The van der Waals surface area contributed by atoms with Gasteiger partial charge in [-0.2, -0.15) is 0 Å². The quantitative estimate of drug-likeness (QED) is 0.907. The normalized spacial score (nSPS) is 14.7. The molecule has 1 heterocycles. The third-order valence-corrected chi connectivity index (χ3v) is 4.09. The number of halogens is 3. The van der Waals surface area contributed by atoms with Crippen molar-refractivity contribution in [2.45, 2.75) is 18.9 Å². The van der Waals surface area contributed by atoms with Gasteiger partial charge in [0.2, 0.25) is 0 Å². The first-order valence-corrected chi connectivity index (χ1v) is 7.48. The molecule has 1 atom stereocenters. The summed E-state index contributed by atoms with van der Waals surface area (Å²) >= 11 is 3.48. The lowest BCUT2D eigenvalue weighted by Crippen LogP contribution is -2.14. The second-order valence-electron chi connectivity index (χ2n) is 5.14. The van der Waals surface area contributed by atoms with E-state index in [0.717, 1.165) is 39.9 Å². The SMILES string of the molecule is NC(Cc1cc(Br)cc2c1OCC2)c1ccc(F)c(F)c1. The molecule has 1 unspecified atom stereocenters. The van der Waals surface area contributed by atoms with Crippen LogP contribution in [0.3, 0.4) is 0 Å². The van der Waals surface area contributed by atoms with E-state index in [4.69, 9.17) is 10.5 Å². The zero-order valence-corrected chi connectivity index (χ0v) is 12.8. The lowest BCUT2D eigenvalue weighted by Gasteiger charge is -2.15. The highest BCUT2D eigenvalue weighted by molar-refractivity contribution is 9.10. The summed E-state index contributed by atoms with van der Waals surface area (Å²) in [5, 5.41) is 0. The minimum absolute atomic E-state index is 0.414. The van der Waals surface area contributed by atoms with Gasteiger partial charge in [-0.3, -0.25) is 0 Å². The summed E-state index contributed by atoms with van der Waals surface area (Å²) in [6.07, 6.45) is 1.38. The number of fused-ring (bicyclic) bond motifs is 1. The molecule has 1 aliphatic heterocycles. The lowest BCUT2D eigenvalue weighted by molar-refractivity contribution is 0.352. The van der Waals surface area contributed by atoms with Crippen LogP contribution in [0.15, 0.2) is 34.8 Å². The Labute approximate surface area is 130 Å². The highest BCUT2D eigenvalue weighted by Crippen LogP contribution is 2.35. The Hall–Kier alpha value is -1.46. The summed E-state index contributed by atoms with van der Waals surface area (Å²) in [7, 11) is 0. The smallest absolute Gasteiger partial charge is 0.159 e. The van der Waals surface area contributed by atoms with Crippen LogP contribution in [0.25, 0.3) is 0 Å². The van der Waals surface area contributed by atoms with Crippen LogP contribution in [0.1, 0.15) is 22.7 Å². The minimum atomic E-state index is -0.876. The largest absolute Gasteiger partial charge is 0.493 e. The number of rotatable bonds is 3. The molecule has 0 aromatic heterocycles. The molecular formula is C16H14BrF2NO. The predicted octanol–water partition coefficient (Wildman–Crippen LogP) is 3.90. The third-order valence-electron chi connectivity index (χ3n) is 3.64. The van der Waals surface area contributed by atoms with E-state index in [2.05, 4.69) is 15.9 Å². The molecule has 3 rings (SSSR count). The van der Waals surface area contributed by atoms with Gasteiger partial charge in [-0.25, -0.2) is 8.78 Å². The molecule has 0 spiro atoms. The van der Waals surface area contributed by atoms with Crippen LogP contribution >= 0.6 is 15.9 Å². The molecule has 0 aliphatic carbocycles. The molecule has 1 aliphatic rings. The topological polar surface area (TPSA) is 35.2 Å². The average molecular weight is 354 g/mol. The molecule has 0 bridgehead atoms. The Bertz CT molecular complexity index is 690. The Morgan fingerprint density at radius 2 is 2.00 bits per heavy atom. The van der Waals surface area contributed by atoms with E-state index in [0.29, 0.717) is 18.6 Å². The van der Waals surface area contributed by atoms with Crippen molar-refractivity contribution < 1.29 is 13.5 Å². The molecule has 2 aromatic rings. The maximum Gasteiger partial charge on any atom is 0.159 e. The van der Waals surface area contributed by atoms with Crippen LogP contribution in [0, 0.1) is 11.6 Å². The van der Waals surface area contributed by atoms with Crippen molar-refractivity contribution in [3.05, 3.63) is 63.1 Å². The molecule has 0 saturated carbocycles. The number of benzene rings is 2. The molecule has 2 N–H and O–H groups in total. The van der Waals surface area contributed by atoms with Gasteiger partial charge in [0.25, 0.3) is 0 Å². The van der Waals surface area contributed by atoms with Gasteiger partial charge in [-0.05, 0) is 47.4 Å². The summed E-state index contributed by atoms with van der Waals surface area (Å²) in [6.45, 7) is 0.666. The van der Waals surface area contributed by atoms with Crippen LogP contribution in [0.2, 0.25) is 0 Å². The molecule has 0 amide bonds. The number of ether oxygens (including phenoxy) is 1. The van der Waals surface area contributed by atoms with Crippen molar-refractivity contribution in [3.8, 4) is 5.75 Å². The predicted molar refractivity (Wildman–Crippen MR) is 80.3 cm³/mol. The van der Waals surface area contributed by atoms with Crippen LogP contribution in [0.4, 0.5) is 8.78 Å². The first-order valence-electron chi connectivity index (χ1n) is 6.69. The zero-order valence-electron chi connectivity index (χ0n) is 11.2. The summed E-state index contributed by atoms with van der Waals surface area (Å²) in [6, 6.07) is 7.36. The number of hydrogen-bond acceptors (Lipinski definition) is 2. The molecule has 21 heavy (non-hydrogen) atoms. The van der Waals surface area contributed by atoms with Crippen LogP contribution in [-0.4, -0.2) is 6.61 Å². The van der Waals surface area contributed by atoms with Gasteiger partial charge in [0.15, 0.2) is 11.6 Å². The maximum absolute atomic E-state index is 13.3. The summed E-state index contributed by atoms with van der Waals surface area (Å²) in [5.41, 5.74) is 8.83. The van der Waals surface area contributed by atoms with Gasteiger partial charge in [0.1, 0.15) is 5.75 Å². The summed E-state index contributed by atoms with van der Waals surface area (Å²) in [5.74, 6) is -0.868. The van der Waals surface area contributed by atoms with Gasteiger partial charge < -0.3 is 10.5 Å². The Morgan fingerprint density at radius 1 is 1.19 bits per heavy atom. The van der Waals surface area contributed by atoms with Gasteiger partial charge >= 0.3 is 0 Å². The Morgan fingerprint density at radius 3 is 2.76 bits per heavy atom. The number of nitrogens with two attached hydrogens (primary N) is 1. The summed E-state index contributed by atoms with van der Waals surface area (Å²) in [4.78, 5) is 0. The fourth-order valence-electron chi connectivity index (χ4n) is 2.60.